The van der Waals surface area contributed by atoms with Crippen LogP contribution in [0.15, 0.2) is 48.5 Å². The number of anilines is 3. The molecule has 3 N–H and O–H groups in total. The zero-order chi connectivity index (χ0) is 22.5. The normalized spacial score (nSPS) is 12.8. The van der Waals surface area contributed by atoms with Gasteiger partial charge in [0.25, 0.3) is 0 Å². The minimum absolute atomic E-state index is 0.160. The number of fused-ring (bicyclic) bond motifs is 1. The summed E-state index contributed by atoms with van der Waals surface area (Å²) in [4.78, 5) is 22.8. The van der Waals surface area contributed by atoms with E-state index >= 15 is 0 Å². The van der Waals surface area contributed by atoms with Gasteiger partial charge in [0.05, 0.1) is 13.2 Å². The Balaban J connectivity index is 1.50. The van der Waals surface area contributed by atoms with Gasteiger partial charge in [-0.3, -0.25) is 4.79 Å². The minimum Gasteiger partial charge on any atom is -0.463 e. The Bertz CT molecular complexity index is 1080. The number of rotatable bonds is 8. The van der Waals surface area contributed by atoms with Crippen molar-refractivity contribution in [2.45, 2.75) is 33.2 Å². The third-order valence-corrected chi connectivity index (χ3v) is 5.08. The Hall–Kier alpha value is -3.81. The van der Waals surface area contributed by atoms with Gasteiger partial charge >= 0.3 is 6.01 Å². The lowest BCUT2D eigenvalue weighted by atomic mass is 10.2. The Morgan fingerprint density at radius 2 is 1.75 bits per heavy atom. The molecule has 4 rings (SSSR count). The molecule has 0 aliphatic carbocycles. The Kier molecular flexibility index (Phi) is 6.39. The van der Waals surface area contributed by atoms with Crippen LogP contribution >= 0.6 is 0 Å². The lowest BCUT2D eigenvalue weighted by molar-refractivity contribution is -0.115. The zero-order valence-electron chi connectivity index (χ0n) is 18.3. The van der Waals surface area contributed by atoms with Gasteiger partial charge in [-0.05, 0) is 43.2 Å². The minimum atomic E-state index is -0.160. The summed E-state index contributed by atoms with van der Waals surface area (Å²) in [5, 5.41) is 2.77. The maximum Gasteiger partial charge on any atom is 0.320 e. The molecule has 2 aromatic carbocycles. The highest BCUT2D eigenvalue weighted by molar-refractivity contribution is 6.03. The first-order chi connectivity index (χ1) is 15.5. The van der Waals surface area contributed by atoms with Crippen LogP contribution in [0.1, 0.15) is 30.9 Å². The number of hydrogen-bond donors (Lipinski definition) is 2. The lowest BCUT2D eigenvalue weighted by Gasteiger charge is -2.30. The van der Waals surface area contributed by atoms with Gasteiger partial charge in [0.1, 0.15) is 17.2 Å². The number of nitrogen functional groups attached to an aromatic ring is 1. The number of carbonyl (C=O) groups excluding carboxylic acids is 1. The maximum atomic E-state index is 12.2. The van der Waals surface area contributed by atoms with Crippen molar-refractivity contribution in [1.29, 1.82) is 0 Å². The fourth-order valence-electron chi connectivity index (χ4n) is 3.35. The van der Waals surface area contributed by atoms with Crippen molar-refractivity contribution in [1.82, 2.24) is 9.97 Å². The fourth-order valence-corrected chi connectivity index (χ4v) is 3.35. The molecule has 0 spiro atoms. The third-order valence-electron chi connectivity index (χ3n) is 5.08. The van der Waals surface area contributed by atoms with E-state index in [0.29, 0.717) is 24.7 Å². The highest BCUT2D eigenvalue weighted by Gasteiger charge is 2.27. The molecule has 3 aromatic rings. The summed E-state index contributed by atoms with van der Waals surface area (Å²) in [5.74, 6) is 2.12. The number of amides is 1. The smallest absolute Gasteiger partial charge is 0.320 e. The van der Waals surface area contributed by atoms with Gasteiger partial charge in [-0.25, -0.2) is 0 Å². The van der Waals surface area contributed by atoms with Gasteiger partial charge < -0.3 is 25.4 Å². The predicted molar refractivity (Wildman–Crippen MR) is 124 cm³/mol. The Morgan fingerprint density at radius 3 is 2.44 bits per heavy atom. The topological polar surface area (TPSA) is 103 Å². The Labute approximate surface area is 187 Å². The third kappa shape index (κ3) is 5.08. The number of aromatic nitrogens is 2. The first-order valence-corrected chi connectivity index (χ1v) is 10.7. The van der Waals surface area contributed by atoms with E-state index in [2.05, 4.69) is 22.2 Å². The van der Waals surface area contributed by atoms with Crippen LogP contribution in [0.2, 0.25) is 0 Å². The monoisotopic (exact) mass is 433 g/mol. The number of nitrogens with zero attached hydrogens (tertiary/aromatic N) is 3. The van der Waals surface area contributed by atoms with Crippen LogP contribution in [0.3, 0.4) is 0 Å². The second-order valence-electron chi connectivity index (χ2n) is 7.76. The van der Waals surface area contributed by atoms with Gasteiger partial charge in [0, 0.05) is 6.54 Å². The van der Waals surface area contributed by atoms with Crippen LogP contribution in [0.5, 0.6) is 17.5 Å². The molecule has 1 aliphatic heterocycles. The van der Waals surface area contributed by atoms with Crippen molar-refractivity contribution < 1.29 is 14.3 Å². The second kappa shape index (κ2) is 9.55. The van der Waals surface area contributed by atoms with Gasteiger partial charge in [-0.15, -0.1) is 0 Å². The van der Waals surface area contributed by atoms with Crippen molar-refractivity contribution >= 4 is 23.2 Å². The van der Waals surface area contributed by atoms with Crippen LogP contribution in [-0.4, -0.2) is 29.0 Å². The number of hydrogen-bond acceptors (Lipinski definition) is 7. The molecule has 1 aromatic heterocycles. The van der Waals surface area contributed by atoms with Gasteiger partial charge in [-0.2, -0.15) is 9.97 Å². The van der Waals surface area contributed by atoms with Crippen LogP contribution in [0, 0.1) is 6.92 Å². The zero-order valence-corrected chi connectivity index (χ0v) is 18.3. The molecule has 166 valence electrons. The summed E-state index contributed by atoms with van der Waals surface area (Å²) >= 11 is 0. The molecule has 2 heterocycles. The highest BCUT2D eigenvalue weighted by Crippen LogP contribution is 2.34. The van der Waals surface area contributed by atoms with E-state index < -0.39 is 0 Å². The van der Waals surface area contributed by atoms with Crippen molar-refractivity contribution in [3.8, 4) is 17.5 Å². The highest BCUT2D eigenvalue weighted by atomic mass is 16.5. The van der Waals surface area contributed by atoms with Crippen molar-refractivity contribution in [3.63, 3.8) is 0 Å². The summed E-state index contributed by atoms with van der Waals surface area (Å²) < 4.78 is 11.5. The van der Waals surface area contributed by atoms with Gasteiger partial charge in [-0.1, -0.05) is 43.2 Å². The molecule has 0 atom stereocenters. The molecule has 0 unspecified atom stereocenters. The molecular weight excluding hydrogens is 406 g/mol. The van der Waals surface area contributed by atoms with Gasteiger partial charge in [0.2, 0.25) is 5.91 Å². The summed E-state index contributed by atoms with van der Waals surface area (Å²) in [7, 11) is 0. The predicted octanol–water partition coefficient (Wildman–Crippen LogP) is 4.30. The van der Waals surface area contributed by atoms with E-state index in [0.717, 1.165) is 29.9 Å². The van der Waals surface area contributed by atoms with E-state index in [9.17, 15) is 4.79 Å². The summed E-state index contributed by atoms with van der Waals surface area (Å²) in [6, 6.07) is 15.9. The van der Waals surface area contributed by atoms with E-state index in [-0.39, 0.29) is 24.3 Å². The molecule has 8 nitrogen and oxygen atoms in total. The average molecular weight is 434 g/mol. The SMILES string of the molecule is CCCCOc1nc(N)c2c(n1)N(Cc1ccc(Oc3ccc(C)cc3)cc1)CC(=O)N2. The van der Waals surface area contributed by atoms with Crippen molar-refractivity contribution in [2.75, 3.05) is 29.1 Å². The molecule has 0 saturated heterocycles. The van der Waals surface area contributed by atoms with Crippen LogP contribution in [0.4, 0.5) is 17.3 Å². The standard InChI is InChI=1S/C24H27N5O3/c1-3-4-13-31-24-27-22(25)21-23(28-24)29(15-20(30)26-21)14-17-7-11-19(12-8-17)32-18-9-5-16(2)6-10-18/h5-12H,3-4,13-15H2,1-2H3,(H,26,30)(H2,25,27,28). The number of ether oxygens (including phenoxy) is 2. The molecule has 0 saturated carbocycles. The molecule has 1 aliphatic rings. The fraction of sp³-hybridized carbons (Fsp3) is 0.292. The number of nitrogens with two attached hydrogens (primary N) is 1. The number of carbonyl (C=O) groups is 1. The summed E-state index contributed by atoms with van der Waals surface area (Å²) in [6.45, 7) is 5.29. The Morgan fingerprint density at radius 1 is 1.06 bits per heavy atom. The molecule has 8 heteroatoms. The first kappa shape index (κ1) is 21.4. The van der Waals surface area contributed by atoms with Crippen LogP contribution < -0.4 is 25.4 Å². The molecule has 32 heavy (non-hydrogen) atoms. The van der Waals surface area contributed by atoms with Crippen LogP contribution in [-0.2, 0) is 11.3 Å². The number of unbranched alkanes of at least 4 members (excludes halogenated alkanes) is 1. The molecule has 0 fully saturated rings. The molecule has 1 amide bonds. The summed E-state index contributed by atoms with van der Waals surface area (Å²) in [5.41, 5.74) is 8.69. The second-order valence-corrected chi connectivity index (χ2v) is 7.76. The maximum absolute atomic E-state index is 12.2. The molecule has 0 bridgehead atoms. The number of benzene rings is 2. The van der Waals surface area contributed by atoms with Crippen LogP contribution in [0.25, 0.3) is 0 Å². The summed E-state index contributed by atoms with van der Waals surface area (Å²) in [6.07, 6.45) is 1.91. The quantitative estimate of drug-likeness (QED) is 0.511. The van der Waals surface area contributed by atoms with Crippen molar-refractivity contribution in [3.05, 3.63) is 59.7 Å². The number of aryl methyl sites for hydroxylation is 1. The van der Waals surface area contributed by atoms with Crippen molar-refractivity contribution in [2.24, 2.45) is 0 Å². The van der Waals surface area contributed by atoms with Gasteiger partial charge in [0.15, 0.2) is 11.6 Å². The van der Waals surface area contributed by atoms with E-state index in [1.165, 1.54) is 5.56 Å². The number of nitrogens with one attached hydrogen (secondary N) is 1. The average Bonchev–Trinajstić information content (AvgIpc) is 2.78. The largest absolute Gasteiger partial charge is 0.463 e. The van der Waals surface area contributed by atoms with E-state index in [1.807, 2.05) is 60.4 Å². The lowest BCUT2D eigenvalue weighted by Crippen LogP contribution is -2.39. The van der Waals surface area contributed by atoms with E-state index in [4.69, 9.17) is 15.2 Å². The molecule has 0 radical (unpaired) electrons. The first-order valence-electron chi connectivity index (χ1n) is 10.7. The molecular formula is C24H27N5O3. The van der Waals surface area contributed by atoms with E-state index in [1.54, 1.807) is 0 Å².